The Morgan fingerprint density at radius 2 is 1.95 bits per heavy atom. The third kappa shape index (κ3) is 2.97. The van der Waals surface area contributed by atoms with Crippen LogP contribution in [0.2, 0.25) is 0 Å². The van der Waals surface area contributed by atoms with Crippen molar-refractivity contribution >= 4 is 5.91 Å². The van der Waals surface area contributed by atoms with E-state index >= 15 is 0 Å². The number of hydrogen-bond donors (Lipinski definition) is 1. The van der Waals surface area contributed by atoms with Crippen LogP contribution in [0.5, 0.6) is 5.75 Å². The van der Waals surface area contributed by atoms with Gasteiger partial charge in [0.15, 0.2) is 6.10 Å². The molecule has 1 aromatic carbocycles. The number of benzene rings is 1. The van der Waals surface area contributed by atoms with E-state index in [0.717, 1.165) is 25.0 Å². The Balaban J connectivity index is 1.57. The summed E-state index contributed by atoms with van der Waals surface area (Å²) >= 11 is 0. The van der Waals surface area contributed by atoms with E-state index in [2.05, 4.69) is 17.4 Å². The molecule has 1 atom stereocenters. The molecule has 20 heavy (non-hydrogen) atoms. The fraction of sp³-hybridized carbons (Fsp3) is 0.588. The second-order valence-electron chi connectivity index (χ2n) is 6.03. The van der Waals surface area contributed by atoms with Crippen LogP contribution in [0.3, 0.4) is 0 Å². The van der Waals surface area contributed by atoms with Crippen molar-refractivity contribution < 1.29 is 9.53 Å². The molecular formula is C17H23NO2. The zero-order valence-corrected chi connectivity index (χ0v) is 12.2. The highest BCUT2D eigenvalue weighted by molar-refractivity contribution is 5.81. The molecule has 1 N–H and O–H groups in total. The maximum Gasteiger partial charge on any atom is 0.260 e. The number of carbonyl (C=O) groups is 1. The van der Waals surface area contributed by atoms with E-state index in [1.165, 1.54) is 36.8 Å². The van der Waals surface area contributed by atoms with E-state index in [-0.39, 0.29) is 5.91 Å². The van der Waals surface area contributed by atoms with Gasteiger partial charge in [0.25, 0.3) is 5.91 Å². The highest BCUT2D eigenvalue weighted by Crippen LogP contribution is 2.26. The van der Waals surface area contributed by atoms with Gasteiger partial charge >= 0.3 is 0 Å². The maximum absolute atomic E-state index is 12.1. The Morgan fingerprint density at radius 1 is 1.20 bits per heavy atom. The molecule has 3 rings (SSSR count). The van der Waals surface area contributed by atoms with Gasteiger partial charge in [0.05, 0.1) is 0 Å². The molecular weight excluding hydrogens is 250 g/mol. The monoisotopic (exact) mass is 273 g/mol. The predicted molar refractivity (Wildman–Crippen MR) is 79.0 cm³/mol. The van der Waals surface area contributed by atoms with Gasteiger partial charge in [0.1, 0.15) is 5.75 Å². The van der Waals surface area contributed by atoms with E-state index in [1.54, 1.807) is 0 Å². The van der Waals surface area contributed by atoms with E-state index in [1.807, 2.05) is 13.0 Å². The fourth-order valence-corrected chi connectivity index (χ4v) is 3.27. The van der Waals surface area contributed by atoms with Crippen molar-refractivity contribution in [2.75, 3.05) is 0 Å². The number of aryl methyl sites for hydroxylation is 2. The first-order chi connectivity index (χ1) is 9.72. The van der Waals surface area contributed by atoms with Crippen LogP contribution in [0.4, 0.5) is 0 Å². The summed E-state index contributed by atoms with van der Waals surface area (Å²) in [5.41, 5.74) is 2.81. The Hall–Kier alpha value is -1.51. The van der Waals surface area contributed by atoms with Crippen molar-refractivity contribution in [1.82, 2.24) is 5.32 Å². The van der Waals surface area contributed by atoms with E-state index in [9.17, 15) is 4.79 Å². The number of fused-ring (bicyclic) bond motifs is 1. The molecule has 0 saturated heterocycles. The molecule has 0 heterocycles. The van der Waals surface area contributed by atoms with E-state index < -0.39 is 6.10 Å². The summed E-state index contributed by atoms with van der Waals surface area (Å²) < 4.78 is 5.80. The minimum absolute atomic E-state index is 0.0115. The first-order valence-electron chi connectivity index (χ1n) is 7.81. The van der Waals surface area contributed by atoms with Crippen molar-refractivity contribution in [3.8, 4) is 5.75 Å². The largest absolute Gasteiger partial charge is 0.481 e. The van der Waals surface area contributed by atoms with Crippen LogP contribution in [0.25, 0.3) is 0 Å². The highest BCUT2D eigenvalue weighted by atomic mass is 16.5. The number of hydrogen-bond acceptors (Lipinski definition) is 2. The van der Waals surface area contributed by atoms with E-state index in [0.29, 0.717) is 6.04 Å². The van der Waals surface area contributed by atoms with Crippen LogP contribution in [0.15, 0.2) is 18.2 Å². The zero-order valence-electron chi connectivity index (χ0n) is 12.2. The average molecular weight is 273 g/mol. The molecule has 0 radical (unpaired) electrons. The molecule has 3 nitrogen and oxygen atoms in total. The summed E-state index contributed by atoms with van der Waals surface area (Å²) in [5.74, 6) is 0.831. The predicted octanol–water partition coefficient (Wildman–Crippen LogP) is 3.00. The second-order valence-corrected chi connectivity index (χ2v) is 6.03. The van der Waals surface area contributed by atoms with Crippen LogP contribution in [0.1, 0.15) is 50.2 Å². The Bertz CT molecular complexity index is 492. The van der Waals surface area contributed by atoms with Crippen molar-refractivity contribution in [2.45, 2.75) is 64.0 Å². The zero-order chi connectivity index (χ0) is 13.9. The molecule has 0 bridgehead atoms. The van der Waals surface area contributed by atoms with Crippen molar-refractivity contribution in [3.63, 3.8) is 0 Å². The third-order valence-corrected chi connectivity index (χ3v) is 4.45. The van der Waals surface area contributed by atoms with Gasteiger partial charge in [0.2, 0.25) is 0 Å². The first kappa shape index (κ1) is 13.5. The average Bonchev–Trinajstić information content (AvgIpc) is 3.08. The number of nitrogens with one attached hydrogen (secondary N) is 1. The van der Waals surface area contributed by atoms with Gasteiger partial charge in [-0.3, -0.25) is 4.79 Å². The minimum Gasteiger partial charge on any atom is -0.481 e. The van der Waals surface area contributed by atoms with Crippen LogP contribution in [-0.2, 0) is 17.6 Å². The molecule has 0 aliphatic heterocycles. The lowest BCUT2D eigenvalue weighted by molar-refractivity contribution is -0.127. The van der Waals surface area contributed by atoms with E-state index in [4.69, 9.17) is 4.74 Å². The minimum atomic E-state index is -0.421. The van der Waals surface area contributed by atoms with Crippen molar-refractivity contribution in [3.05, 3.63) is 29.3 Å². The molecule has 2 aliphatic rings. The molecule has 2 aliphatic carbocycles. The molecule has 1 aromatic rings. The summed E-state index contributed by atoms with van der Waals surface area (Å²) in [6.45, 7) is 1.83. The summed E-state index contributed by atoms with van der Waals surface area (Å²) in [5, 5.41) is 3.09. The molecule has 108 valence electrons. The highest BCUT2D eigenvalue weighted by Gasteiger charge is 2.22. The van der Waals surface area contributed by atoms with Gasteiger partial charge < -0.3 is 10.1 Å². The number of carbonyl (C=O) groups excluding carboxylic acids is 1. The number of rotatable bonds is 4. The Labute approximate surface area is 120 Å². The molecule has 1 unspecified atom stereocenters. The standard InChI is InChI=1S/C17H23NO2/c1-12(17(19)18-15-7-2-3-8-15)20-16-10-9-13-5-4-6-14(13)11-16/h9-12,15H,2-8H2,1H3,(H,18,19). The lowest BCUT2D eigenvalue weighted by atomic mass is 10.1. The van der Waals surface area contributed by atoms with Crippen LogP contribution in [0, 0.1) is 0 Å². The maximum atomic E-state index is 12.1. The SMILES string of the molecule is CC(Oc1ccc2c(c1)CCC2)C(=O)NC1CCCC1. The smallest absolute Gasteiger partial charge is 0.260 e. The van der Waals surface area contributed by atoms with Crippen molar-refractivity contribution in [1.29, 1.82) is 0 Å². The summed E-state index contributed by atoms with van der Waals surface area (Å²) in [7, 11) is 0. The fourth-order valence-electron chi connectivity index (χ4n) is 3.27. The Kier molecular flexibility index (Phi) is 3.95. The topological polar surface area (TPSA) is 38.3 Å². The number of amides is 1. The molecule has 1 saturated carbocycles. The van der Waals surface area contributed by atoms with Gasteiger partial charge in [-0.2, -0.15) is 0 Å². The lowest BCUT2D eigenvalue weighted by Crippen LogP contribution is -2.41. The van der Waals surface area contributed by atoms with Crippen LogP contribution >= 0.6 is 0 Å². The van der Waals surface area contributed by atoms with Crippen molar-refractivity contribution in [2.24, 2.45) is 0 Å². The molecule has 0 spiro atoms. The molecule has 1 fully saturated rings. The third-order valence-electron chi connectivity index (χ3n) is 4.45. The first-order valence-corrected chi connectivity index (χ1v) is 7.81. The lowest BCUT2D eigenvalue weighted by Gasteiger charge is -2.18. The van der Waals surface area contributed by atoms with Gasteiger partial charge in [0, 0.05) is 6.04 Å². The molecule has 1 amide bonds. The Morgan fingerprint density at radius 3 is 2.75 bits per heavy atom. The summed E-state index contributed by atoms with van der Waals surface area (Å²) in [6, 6.07) is 6.58. The number of ether oxygens (including phenoxy) is 1. The summed E-state index contributed by atoms with van der Waals surface area (Å²) in [4.78, 5) is 12.1. The van der Waals surface area contributed by atoms with Crippen LogP contribution < -0.4 is 10.1 Å². The molecule has 0 aromatic heterocycles. The normalized spacial score (nSPS) is 19.6. The van der Waals surface area contributed by atoms with Gasteiger partial charge in [-0.15, -0.1) is 0 Å². The van der Waals surface area contributed by atoms with Gasteiger partial charge in [-0.25, -0.2) is 0 Å². The van der Waals surface area contributed by atoms with Gasteiger partial charge in [-0.1, -0.05) is 18.9 Å². The summed E-state index contributed by atoms with van der Waals surface area (Å²) in [6.07, 6.45) is 7.79. The van der Waals surface area contributed by atoms with Gasteiger partial charge in [-0.05, 0) is 62.3 Å². The second kappa shape index (κ2) is 5.86. The van der Waals surface area contributed by atoms with Crippen LogP contribution in [-0.4, -0.2) is 18.1 Å². The molecule has 3 heteroatoms. The quantitative estimate of drug-likeness (QED) is 0.916.